The van der Waals surface area contributed by atoms with Crippen LogP contribution in [0.3, 0.4) is 0 Å². The van der Waals surface area contributed by atoms with Crippen molar-refractivity contribution in [3.63, 3.8) is 0 Å². The first-order chi connectivity index (χ1) is 5.36. The maximum Gasteiger partial charge on any atom is 0.110 e. The molecule has 1 aromatic heterocycles. The summed E-state index contributed by atoms with van der Waals surface area (Å²) in [6.07, 6.45) is 3.07. The van der Waals surface area contributed by atoms with Gasteiger partial charge in [0.2, 0.25) is 0 Å². The molecule has 1 heterocycles. The predicted octanol–water partition coefficient (Wildman–Crippen LogP) is 2.16. The first-order valence-electron chi connectivity index (χ1n) is 2.91. The van der Waals surface area contributed by atoms with Gasteiger partial charge in [0.25, 0.3) is 0 Å². The van der Waals surface area contributed by atoms with Crippen LogP contribution in [-0.4, -0.2) is 0 Å². The molecule has 0 aliphatic rings. The zero-order chi connectivity index (χ0) is 8.10. The van der Waals surface area contributed by atoms with Crippen molar-refractivity contribution < 1.29 is 0 Å². The van der Waals surface area contributed by atoms with Gasteiger partial charge in [-0.15, -0.1) is 11.3 Å². The van der Waals surface area contributed by atoms with E-state index in [1.54, 1.807) is 12.1 Å². The van der Waals surface area contributed by atoms with Crippen LogP contribution >= 0.6 is 11.3 Å². The van der Waals surface area contributed by atoms with Crippen molar-refractivity contribution >= 4 is 17.4 Å². The van der Waals surface area contributed by atoms with E-state index < -0.39 is 0 Å². The molecule has 11 heavy (non-hydrogen) atoms. The monoisotopic (exact) mass is 160 g/mol. The number of nitriles is 2. The second-order valence-electron chi connectivity index (χ2n) is 1.82. The molecule has 0 aliphatic heterocycles. The van der Waals surface area contributed by atoms with Crippen molar-refractivity contribution in [2.75, 3.05) is 0 Å². The summed E-state index contributed by atoms with van der Waals surface area (Å²) in [5.41, 5.74) is 0.910. The summed E-state index contributed by atoms with van der Waals surface area (Å²) in [6.45, 7) is 0. The third-order valence-corrected chi connectivity index (χ3v) is 1.93. The van der Waals surface area contributed by atoms with Gasteiger partial charge in [-0.05, 0) is 23.1 Å². The fraction of sp³-hybridized carbons (Fsp3) is 0. The molecule has 0 radical (unpaired) electrons. The highest BCUT2D eigenvalue weighted by molar-refractivity contribution is 7.10. The molecule has 0 bridgehead atoms. The van der Waals surface area contributed by atoms with Crippen LogP contribution in [0.2, 0.25) is 0 Å². The first kappa shape index (κ1) is 7.53. The van der Waals surface area contributed by atoms with E-state index in [0.29, 0.717) is 4.88 Å². The Kier molecular flexibility index (Phi) is 2.43. The maximum absolute atomic E-state index is 8.45. The molecule has 0 unspecified atom stereocenters. The Bertz CT molecular complexity index is 349. The first-order valence-corrected chi connectivity index (χ1v) is 3.79. The molecule has 3 heteroatoms. The van der Waals surface area contributed by atoms with E-state index in [2.05, 4.69) is 0 Å². The highest BCUT2D eigenvalue weighted by atomic mass is 32.1. The predicted molar refractivity (Wildman–Crippen MR) is 43.7 cm³/mol. The summed E-state index contributed by atoms with van der Waals surface area (Å²) in [5.74, 6) is 0. The average Bonchev–Trinajstić information content (AvgIpc) is 2.48. The van der Waals surface area contributed by atoms with E-state index in [0.717, 1.165) is 5.56 Å². The van der Waals surface area contributed by atoms with Gasteiger partial charge in [0.1, 0.15) is 10.9 Å². The van der Waals surface area contributed by atoms with Gasteiger partial charge in [0, 0.05) is 6.08 Å². The van der Waals surface area contributed by atoms with Crippen LogP contribution in [0.1, 0.15) is 10.4 Å². The number of nitrogens with zero attached hydrogens (tertiary/aromatic N) is 2. The molecule has 0 saturated carbocycles. The molecule has 52 valence electrons. The third kappa shape index (κ3) is 1.93. The quantitative estimate of drug-likeness (QED) is 0.591. The Hall–Kier alpha value is -1.58. The number of rotatable bonds is 1. The fourth-order valence-corrected chi connectivity index (χ4v) is 1.30. The van der Waals surface area contributed by atoms with Gasteiger partial charge < -0.3 is 0 Å². The summed E-state index contributed by atoms with van der Waals surface area (Å²) in [7, 11) is 0. The maximum atomic E-state index is 8.45. The van der Waals surface area contributed by atoms with Crippen molar-refractivity contribution in [3.8, 4) is 12.1 Å². The van der Waals surface area contributed by atoms with Crippen molar-refractivity contribution in [3.05, 3.63) is 28.0 Å². The highest BCUT2D eigenvalue weighted by Crippen LogP contribution is 2.14. The lowest BCUT2D eigenvalue weighted by Gasteiger charge is -1.75. The van der Waals surface area contributed by atoms with E-state index in [4.69, 9.17) is 10.5 Å². The minimum atomic E-state index is 0.669. The molecule has 0 fully saturated rings. The van der Waals surface area contributed by atoms with Crippen LogP contribution in [-0.2, 0) is 0 Å². The lowest BCUT2D eigenvalue weighted by molar-refractivity contribution is 1.52. The second kappa shape index (κ2) is 3.55. The molecular weight excluding hydrogens is 156 g/mol. The molecule has 0 N–H and O–H groups in total. The van der Waals surface area contributed by atoms with E-state index in [1.807, 2.05) is 17.5 Å². The summed E-state index contributed by atoms with van der Waals surface area (Å²) in [5, 5.41) is 18.5. The Morgan fingerprint density at radius 3 is 2.82 bits per heavy atom. The molecule has 1 aromatic rings. The van der Waals surface area contributed by atoms with Gasteiger partial charge in [0.05, 0.1) is 6.07 Å². The standard InChI is InChI=1S/C8H4N2S/c9-3-1-2-7-4-8(5-10)11-6-7/h1-2,4,6H. The molecule has 0 aromatic carbocycles. The van der Waals surface area contributed by atoms with Gasteiger partial charge in [-0.3, -0.25) is 0 Å². The summed E-state index contributed by atoms with van der Waals surface area (Å²) < 4.78 is 0. The summed E-state index contributed by atoms with van der Waals surface area (Å²) in [6, 6.07) is 5.66. The molecule has 0 spiro atoms. The van der Waals surface area contributed by atoms with Gasteiger partial charge >= 0.3 is 0 Å². The number of thiophene rings is 1. The Labute approximate surface area is 68.6 Å². The summed E-state index contributed by atoms with van der Waals surface area (Å²) in [4.78, 5) is 0.669. The van der Waals surface area contributed by atoms with Gasteiger partial charge in [0.15, 0.2) is 0 Å². The van der Waals surface area contributed by atoms with Crippen LogP contribution in [0.5, 0.6) is 0 Å². The van der Waals surface area contributed by atoms with E-state index in [-0.39, 0.29) is 0 Å². The second-order valence-corrected chi connectivity index (χ2v) is 2.73. The van der Waals surface area contributed by atoms with Crippen molar-refractivity contribution in [1.29, 1.82) is 10.5 Å². The zero-order valence-electron chi connectivity index (χ0n) is 5.61. The molecule has 0 saturated heterocycles. The Morgan fingerprint density at radius 2 is 2.27 bits per heavy atom. The van der Waals surface area contributed by atoms with E-state index >= 15 is 0 Å². The van der Waals surface area contributed by atoms with Crippen LogP contribution in [0.4, 0.5) is 0 Å². The number of hydrogen-bond donors (Lipinski definition) is 0. The number of allylic oxidation sites excluding steroid dienone is 1. The smallest absolute Gasteiger partial charge is 0.110 e. The molecular formula is C8H4N2S. The van der Waals surface area contributed by atoms with Crippen LogP contribution in [0.15, 0.2) is 17.5 Å². The van der Waals surface area contributed by atoms with Gasteiger partial charge in [-0.1, -0.05) is 0 Å². The average molecular weight is 160 g/mol. The van der Waals surface area contributed by atoms with Crippen LogP contribution < -0.4 is 0 Å². The van der Waals surface area contributed by atoms with Crippen LogP contribution in [0, 0.1) is 22.7 Å². The minimum absolute atomic E-state index is 0.669. The minimum Gasteiger partial charge on any atom is -0.193 e. The van der Waals surface area contributed by atoms with Gasteiger partial charge in [-0.2, -0.15) is 10.5 Å². The lowest BCUT2D eigenvalue weighted by atomic mass is 10.3. The number of hydrogen-bond acceptors (Lipinski definition) is 3. The largest absolute Gasteiger partial charge is 0.193 e. The molecule has 0 aliphatic carbocycles. The van der Waals surface area contributed by atoms with Crippen LogP contribution in [0.25, 0.3) is 6.08 Å². The molecule has 0 atom stereocenters. The van der Waals surface area contributed by atoms with Crippen molar-refractivity contribution in [1.82, 2.24) is 0 Å². The Morgan fingerprint density at radius 1 is 1.45 bits per heavy atom. The van der Waals surface area contributed by atoms with Gasteiger partial charge in [-0.25, -0.2) is 0 Å². The van der Waals surface area contributed by atoms with E-state index in [1.165, 1.54) is 17.4 Å². The lowest BCUT2D eigenvalue weighted by Crippen LogP contribution is -1.59. The Balaban J connectivity index is 2.85. The normalized spacial score (nSPS) is 9.27. The van der Waals surface area contributed by atoms with Crippen molar-refractivity contribution in [2.45, 2.75) is 0 Å². The van der Waals surface area contributed by atoms with Crippen molar-refractivity contribution in [2.24, 2.45) is 0 Å². The molecule has 1 rings (SSSR count). The highest BCUT2D eigenvalue weighted by Gasteiger charge is 1.93. The fourth-order valence-electron chi connectivity index (χ4n) is 0.630. The summed E-state index contributed by atoms with van der Waals surface area (Å²) >= 11 is 1.38. The molecule has 2 nitrogen and oxygen atoms in total. The molecule has 0 amide bonds. The topological polar surface area (TPSA) is 47.6 Å². The zero-order valence-corrected chi connectivity index (χ0v) is 6.43. The third-order valence-electron chi connectivity index (χ3n) is 1.08. The SMILES string of the molecule is N#CC=Cc1csc(C#N)c1. The van der Waals surface area contributed by atoms with E-state index in [9.17, 15) is 0 Å².